The molecule has 1 aliphatic heterocycles. The number of anilines is 1. The van der Waals surface area contributed by atoms with Crippen molar-refractivity contribution < 1.29 is 0 Å². The van der Waals surface area contributed by atoms with Crippen LogP contribution in [0.2, 0.25) is 0 Å². The molecular weight excluding hydrogens is 180 g/mol. The molecule has 1 aromatic rings. The Hall–Kier alpha value is -1.70. The van der Waals surface area contributed by atoms with Gasteiger partial charge in [0.05, 0.1) is 0 Å². The van der Waals surface area contributed by atoms with E-state index in [1.54, 1.807) is 0 Å². The normalized spacial score (nSPS) is 16.6. The average molecular weight is 192 g/mol. The molecule has 0 bridgehead atoms. The third kappa shape index (κ3) is 1.39. The van der Waals surface area contributed by atoms with Gasteiger partial charge in [-0.05, 0) is 19.3 Å². The second-order valence-corrected chi connectivity index (χ2v) is 3.46. The van der Waals surface area contributed by atoms with Crippen LogP contribution in [0, 0.1) is 11.3 Å². The predicted octanol–water partition coefficient (Wildman–Crippen LogP) is 0.565. The molecule has 1 fully saturated rings. The van der Waals surface area contributed by atoms with E-state index in [9.17, 15) is 4.79 Å². The minimum atomic E-state index is -0.326. The molecule has 1 saturated heterocycles. The maximum Gasteiger partial charge on any atom is 0.284 e. The van der Waals surface area contributed by atoms with Gasteiger partial charge in [-0.1, -0.05) is 0 Å². The fourth-order valence-corrected chi connectivity index (χ4v) is 1.81. The van der Waals surface area contributed by atoms with Crippen LogP contribution in [0.15, 0.2) is 4.79 Å². The number of aromatic nitrogens is 2. The Morgan fingerprint density at radius 3 is 2.57 bits per heavy atom. The van der Waals surface area contributed by atoms with E-state index in [4.69, 9.17) is 5.26 Å². The van der Waals surface area contributed by atoms with Crippen LogP contribution in [0.4, 0.5) is 5.82 Å². The summed E-state index contributed by atoms with van der Waals surface area (Å²) in [7, 11) is 0. The zero-order chi connectivity index (χ0) is 9.97. The zero-order valence-electron chi connectivity index (χ0n) is 7.84. The predicted molar refractivity (Wildman–Crippen MR) is 52.2 cm³/mol. The van der Waals surface area contributed by atoms with Crippen molar-refractivity contribution in [3.63, 3.8) is 0 Å². The van der Waals surface area contributed by atoms with Crippen LogP contribution >= 0.6 is 0 Å². The molecule has 1 aliphatic rings. The molecule has 0 saturated carbocycles. The lowest BCUT2D eigenvalue weighted by Crippen LogP contribution is -2.30. The highest BCUT2D eigenvalue weighted by atomic mass is 16.1. The molecule has 1 aromatic heterocycles. The topological polar surface area (TPSA) is 75.7 Å². The molecule has 0 atom stereocenters. The Labute approximate surface area is 81.3 Å². The number of nitrogens with zero attached hydrogens (tertiary/aromatic N) is 2. The summed E-state index contributed by atoms with van der Waals surface area (Å²) < 4.78 is 0. The monoisotopic (exact) mass is 192 g/mol. The van der Waals surface area contributed by atoms with Crippen molar-refractivity contribution in [3.8, 4) is 6.07 Å². The Morgan fingerprint density at radius 1 is 1.21 bits per heavy atom. The molecule has 5 heteroatoms. The first-order chi connectivity index (χ1) is 6.83. The number of H-pyrrole nitrogens is 2. The van der Waals surface area contributed by atoms with Gasteiger partial charge in [0, 0.05) is 13.1 Å². The van der Waals surface area contributed by atoms with Gasteiger partial charge in [-0.25, -0.2) is 0 Å². The minimum absolute atomic E-state index is 0.201. The smallest absolute Gasteiger partial charge is 0.284 e. The fourth-order valence-electron chi connectivity index (χ4n) is 1.81. The maximum atomic E-state index is 11.2. The van der Waals surface area contributed by atoms with Crippen molar-refractivity contribution in [1.82, 2.24) is 10.2 Å². The molecule has 74 valence electrons. The largest absolute Gasteiger partial charge is 0.356 e. The molecule has 0 radical (unpaired) electrons. The van der Waals surface area contributed by atoms with Crippen LogP contribution in [0.25, 0.3) is 0 Å². The molecule has 0 spiro atoms. The van der Waals surface area contributed by atoms with E-state index >= 15 is 0 Å². The molecule has 2 heterocycles. The Kier molecular flexibility index (Phi) is 2.27. The number of aromatic amines is 2. The van der Waals surface area contributed by atoms with E-state index in [0.717, 1.165) is 25.9 Å². The van der Waals surface area contributed by atoms with Crippen molar-refractivity contribution >= 4 is 5.82 Å². The van der Waals surface area contributed by atoms with E-state index in [-0.39, 0.29) is 11.1 Å². The Balaban J connectivity index is 2.31. The molecule has 14 heavy (non-hydrogen) atoms. The van der Waals surface area contributed by atoms with Gasteiger partial charge < -0.3 is 4.90 Å². The molecular formula is C9H12N4O. The SMILES string of the molecule is N#Cc1c(N2CCCCC2)[nH][nH]c1=O. The van der Waals surface area contributed by atoms with Crippen molar-refractivity contribution in [2.75, 3.05) is 18.0 Å². The summed E-state index contributed by atoms with van der Waals surface area (Å²) in [6.45, 7) is 1.84. The number of hydrogen-bond acceptors (Lipinski definition) is 3. The van der Waals surface area contributed by atoms with Crippen molar-refractivity contribution in [2.24, 2.45) is 0 Å². The van der Waals surface area contributed by atoms with Gasteiger partial charge in [-0.15, -0.1) is 0 Å². The summed E-state index contributed by atoms with van der Waals surface area (Å²) in [5.74, 6) is 0.650. The molecule has 5 nitrogen and oxygen atoms in total. The van der Waals surface area contributed by atoms with E-state index in [1.807, 2.05) is 6.07 Å². The Bertz CT molecular complexity index is 405. The number of nitrogens with one attached hydrogen (secondary N) is 2. The number of nitriles is 1. The fraction of sp³-hybridized carbons (Fsp3) is 0.556. The lowest BCUT2D eigenvalue weighted by Gasteiger charge is -2.27. The van der Waals surface area contributed by atoms with Gasteiger partial charge in [0.2, 0.25) is 0 Å². The molecule has 2 N–H and O–H groups in total. The van der Waals surface area contributed by atoms with Gasteiger partial charge in [-0.2, -0.15) is 5.26 Å². The molecule has 0 unspecified atom stereocenters. The van der Waals surface area contributed by atoms with E-state index in [0.29, 0.717) is 5.82 Å². The van der Waals surface area contributed by atoms with Crippen molar-refractivity contribution in [1.29, 1.82) is 5.26 Å². The molecule has 0 aromatic carbocycles. The second kappa shape index (κ2) is 3.58. The van der Waals surface area contributed by atoms with E-state index < -0.39 is 0 Å². The summed E-state index contributed by atoms with van der Waals surface area (Å²) in [5.41, 5.74) is -0.125. The number of hydrogen-bond donors (Lipinski definition) is 2. The van der Waals surface area contributed by atoms with Gasteiger partial charge in [0.1, 0.15) is 11.9 Å². The number of piperidine rings is 1. The van der Waals surface area contributed by atoms with Gasteiger partial charge >= 0.3 is 0 Å². The third-order valence-electron chi connectivity index (χ3n) is 2.54. The van der Waals surface area contributed by atoms with Crippen LogP contribution in [-0.4, -0.2) is 23.3 Å². The van der Waals surface area contributed by atoms with Crippen LogP contribution < -0.4 is 10.5 Å². The number of rotatable bonds is 1. The third-order valence-corrected chi connectivity index (χ3v) is 2.54. The average Bonchev–Trinajstić information content (AvgIpc) is 2.61. The van der Waals surface area contributed by atoms with Crippen molar-refractivity contribution in [3.05, 3.63) is 15.9 Å². The van der Waals surface area contributed by atoms with Gasteiger partial charge in [0.25, 0.3) is 5.56 Å². The van der Waals surface area contributed by atoms with E-state index in [2.05, 4.69) is 15.1 Å². The highest BCUT2D eigenvalue weighted by Crippen LogP contribution is 2.18. The first kappa shape index (κ1) is 8.88. The first-order valence-corrected chi connectivity index (χ1v) is 4.78. The van der Waals surface area contributed by atoms with E-state index in [1.165, 1.54) is 6.42 Å². The lowest BCUT2D eigenvalue weighted by atomic mass is 10.1. The van der Waals surface area contributed by atoms with Crippen LogP contribution in [0.5, 0.6) is 0 Å². The Morgan fingerprint density at radius 2 is 1.93 bits per heavy atom. The van der Waals surface area contributed by atoms with Gasteiger partial charge in [0.15, 0.2) is 5.56 Å². The zero-order valence-corrected chi connectivity index (χ0v) is 7.84. The van der Waals surface area contributed by atoms with Crippen LogP contribution in [0.1, 0.15) is 24.8 Å². The second-order valence-electron chi connectivity index (χ2n) is 3.46. The van der Waals surface area contributed by atoms with Gasteiger partial charge in [-0.3, -0.25) is 15.0 Å². The summed E-state index contributed by atoms with van der Waals surface area (Å²) in [5, 5.41) is 14.0. The quantitative estimate of drug-likeness (QED) is 0.682. The lowest BCUT2D eigenvalue weighted by molar-refractivity contribution is 0.572. The highest BCUT2D eigenvalue weighted by Gasteiger charge is 2.17. The maximum absolute atomic E-state index is 11.2. The standard InChI is InChI=1S/C9H12N4O/c10-6-7-8(11-12-9(7)14)13-4-2-1-3-5-13/h1-5H2,(H2,11,12,14). The minimum Gasteiger partial charge on any atom is -0.356 e. The van der Waals surface area contributed by atoms with Crippen molar-refractivity contribution in [2.45, 2.75) is 19.3 Å². The summed E-state index contributed by atoms with van der Waals surface area (Å²) in [6, 6.07) is 1.92. The first-order valence-electron chi connectivity index (χ1n) is 4.78. The summed E-state index contributed by atoms with van der Waals surface area (Å²) >= 11 is 0. The highest BCUT2D eigenvalue weighted by molar-refractivity contribution is 5.52. The van der Waals surface area contributed by atoms with Crippen LogP contribution in [-0.2, 0) is 0 Å². The molecule has 2 rings (SSSR count). The summed E-state index contributed by atoms with van der Waals surface area (Å²) in [6.07, 6.45) is 3.48. The van der Waals surface area contributed by atoms with Crippen LogP contribution in [0.3, 0.4) is 0 Å². The molecule has 0 amide bonds. The summed E-state index contributed by atoms with van der Waals surface area (Å²) in [4.78, 5) is 13.2. The molecule has 0 aliphatic carbocycles.